The molecule has 1 heterocycles. The molecule has 13 heavy (non-hydrogen) atoms. The van der Waals surface area contributed by atoms with Crippen LogP contribution in [0.4, 0.5) is 0 Å². The minimum Gasteiger partial charge on any atom is -0.300 e. The Kier molecular flexibility index (Phi) is 5.45. The van der Waals surface area contributed by atoms with E-state index in [4.69, 9.17) is 0 Å². The summed E-state index contributed by atoms with van der Waals surface area (Å²) in [6, 6.07) is 0.918. The first kappa shape index (κ1) is 11.0. The first-order valence-corrected chi connectivity index (χ1v) is 6.12. The highest BCUT2D eigenvalue weighted by atomic mass is 15.2. The average molecular weight is 183 g/mol. The van der Waals surface area contributed by atoms with E-state index in [1.165, 1.54) is 58.0 Å². The Bertz CT molecular complexity index is 122. The average Bonchev–Trinajstić information content (AvgIpc) is 2.60. The summed E-state index contributed by atoms with van der Waals surface area (Å²) >= 11 is 0. The second-order valence-corrected chi connectivity index (χ2v) is 4.30. The van der Waals surface area contributed by atoms with Gasteiger partial charge >= 0.3 is 0 Å². The Morgan fingerprint density at radius 3 is 2.69 bits per heavy atom. The molecular formula is C12H25N. The summed E-state index contributed by atoms with van der Waals surface area (Å²) in [6.45, 7) is 7.34. The predicted octanol–water partition coefficient (Wildman–Crippen LogP) is 3.44. The Morgan fingerprint density at radius 1 is 1.15 bits per heavy atom. The lowest BCUT2D eigenvalue weighted by molar-refractivity contribution is 0.243. The van der Waals surface area contributed by atoms with Crippen LogP contribution in [-0.2, 0) is 0 Å². The predicted molar refractivity (Wildman–Crippen MR) is 59.0 cm³/mol. The lowest BCUT2D eigenvalue weighted by atomic mass is 10.1. The van der Waals surface area contributed by atoms with Crippen molar-refractivity contribution in [3.8, 4) is 0 Å². The highest BCUT2D eigenvalue weighted by molar-refractivity contribution is 4.77. The zero-order chi connectivity index (χ0) is 9.52. The summed E-state index contributed by atoms with van der Waals surface area (Å²) in [5.41, 5.74) is 0. The van der Waals surface area contributed by atoms with Gasteiger partial charge in [-0.05, 0) is 38.8 Å². The van der Waals surface area contributed by atoms with Crippen LogP contribution in [0.1, 0.15) is 58.8 Å². The van der Waals surface area contributed by atoms with Crippen LogP contribution in [0.5, 0.6) is 0 Å². The van der Waals surface area contributed by atoms with Gasteiger partial charge < -0.3 is 4.90 Å². The van der Waals surface area contributed by atoms with Crippen LogP contribution >= 0.6 is 0 Å². The van der Waals surface area contributed by atoms with E-state index < -0.39 is 0 Å². The number of hydrogen-bond acceptors (Lipinski definition) is 1. The maximum absolute atomic E-state index is 2.70. The Labute approximate surface area is 83.5 Å². The molecular weight excluding hydrogens is 158 g/mol. The Balaban J connectivity index is 2.06. The van der Waals surface area contributed by atoms with E-state index in [0.717, 1.165) is 6.04 Å². The smallest absolute Gasteiger partial charge is 0.00931 e. The number of nitrogens with zero attached hydrogens (tertiary/aromatic N) is 1. The molecule has 0 radical (unpaired) electrons. The topological polar surface area (TPSA) is 3.24 Å². The maximum atomic E-state index is 2.70. The van der Waals surface area contributed by atoms with E-state index in [2.05, 4.69) is 18.7 Å². The molecule has 0 saturated carbocycles. The van der Waals surface area contributed by atoms with Gasteiger partial charge in [0.1, 0.15) is 0 Å². The first-order valence-electron chi connectivity index (χ1n) is 6.12. The molecule has 0 aromatic heterocycles. The molecule has 1 fully saturated rings. The Morgan fingerprint density at radius 2 is 2.00 bits per heavy atom. The van der Waals surface area contributed by atoms with Crippen LogP contribution in [0, 0.1) is 0 Å². The standard InChI is InChI=1S/C12H25N/c1-3-5-6-7-10-13-11-8-9-12(13)4-2/h12H,3-11H2,1-2H3. The molecule has 1 heteroatoms. The fourth-order valence-corrected chi connectivity index (χ4v) is 2.39. The van der Waals surface area contributed by atoms with Crippen molar-refractivity contribution in [2.24, 2.45) is 0 Å². The summed E-state index contributed by atoms with van der Waals surface area (Å²) < 4.78 is 0. The highest BCUT2D eigenvalue weighted by Gasteiger charge is 2.21. The lowest BCUT2D eigenvalue weighted by Gasteiger charge is -2.22. The van der Waals surface area contributed by atoms with Crippen LogP contribution in [0.2, 0.25) is 0 Å². The number of unbranched alkanes of at least 4 members (excludes halogenated alkanes) is 3. The zero-order valence-electron chi connectivity index (χ0n) is 9.39. The van der Waals surface area contributed by atoms with E-state index in [-0.39, 0.29) is 0 Å². The van der Waals surface area contributed by atoms with Gasteiger partial charge in [-0.3, -0.25) is 0 Å². The molecule has 1 aliphatic heterocycles. The van der Waals surface area contributed by atoms with Crippen molar-refractivity contribution >= 4 is 0 Å². The zero-order valence-corrected chi connectivity index (χ0v) is 9.39. The third kappa shape index (κ3) is 3.68. The summed E-state index contributed by atoms with van der Waals surface area (Å²) in [7, 11) is 0. The van der Waals surface area contributed by atoms with E-state index >= 15 is 0 Å². The quantitative estimate of drug-likeness (QED) is 0.570. The highest BCUT2D eigenvalue weighted by Crippen LogP contribution is 2.20. The molecule has 1 unspecified atom stereocenters. The summed E-state index contributed by atoms with van der Waals surface area (Å²) in [5.74, 6) is 0. The lowest BCUT2D eigenvalue weighted by Crippen LogP contribution is -2.29. The first-order chi connectivity index (χ1) is 6.38. The molecule has 1 aliphatic rings. The Hall–Kier alpha value is -0.0400. The minimum atomic E-state index is 0.918. The normalized spacial score (nSPS) is 24.0. The van der Waals surface area contributed by atoms with Crippen molar-refractivity contribution in [1.29, 1.82) is 0 Å². The summed E-state index contributed by atoms with van der Waals surface area (Å²) in [6.07, 6.45) is 9.87. The third-order valence-electron chi connectivity index (χ3n) is 3.27. The van der Waals surface area contributed by atoms with Gasteiger partial charge in [0.25, 0.3) is 0 Å². The van der Waals surface area contributed by atoms with Crippen LogP contribution in [0.3, 0.4) is 0 Å². The van der Waals surface area contributed by atoms with Crippen molar-refractivity contribution in [2.75, 3.05) is 13.1 Å². The molecule has 0 amide bonds. The van der Waals surface area contributed by atoms with Crippen molar-refractivity contribution in [3.63, 3.8) is 0 Å². The second-order valence-electron chi connectivity index (χ2n) is 4.30. The van der Waals surface area contributed by atoms with Crippen molar-refractivity contribution in [2.45, 2.75) is 64.8 Å². The monoisotopic (exact) mass is 183 g/mol. The molecule has 1 rings (SSSR count). The molecule has 0 aliphatic carbocycles. The van der Waals surface area contributed by atoms with E-state index in [1.807, 2.05) is 0 Å². The fraction of sp³-hybridized carbons (Fsp3) is 1.00. The molecule has 1 atom stereocenters. The molecule has 0 bridgehead atoms. The molecule has 0 aromatic rings. The van der Waals surface area contributed by atoms with Gasteiger partial charge in [0.2, 0.25) is 0 Å². The van der Waals surface area contributed by atoms with Crippen molar-refractivity contribution in [1.82, 2.24) is 4.90 Å². The molecule has 0 N–H and O–H groups in total. The van der Waals surface area contributed by atoms with Gasteiger partial charge in [0, 0.05) is 6.04 Å². The van der Waals surface area contributed by atoms with Crippen LogP contribution in [0.15, 0.2) is 0 Å². The van der Waals surface area contributed by atoms with Crippen molar-refractivity contribution in [3.05, 3.63) is 0 Å². The van der Waals surface area contributed by atoms with Gasteiger partial charge in [-0.2, -0.15) is 0 Å². The minimum absolute atomic E-state index is 0.918. The maximum Gasteiger partial charge on any atom is 0.00931 e. The van der Waals surface area contributed by atoms with Crippen molar-refractivity contribution < 1.29 is 0 Å². The van der Waals surface area contributed by atoms with Gasteiger partial charge in [-0.1, -0.05) is 33.1 Å². The molecule has 1 saturated heterocycles. The van der Waals surface area contributed by atoms with Gasteiger partial charge in [-0.25, -0.2) is 0 Å². The fourth-order valence-electron chi connectivity index (χ4n) is 2.39. The van der Waals surface area contributed by atoms with Crippen LogP contribution < -0.4 is 0 Å². The van der Waals surface area contributed by atoms with Crippen LogP contribution in [0.25, 0.3) is 0 Å². The van der Waals surface area contributed by atoms with Gasteiger partial charge in [-0.15, -0.1) is 0 Å². The molecule has 1 nitrogen and oxygen atoms in total. The molecule has 0 aromatic carbocycles. The van der Waals surface area contributed by atoms with E-state index in [9.17, 15) is 0 Å². The summed E-state index contributed by atoms with van der Waals surface area (Å²) in [5, 5.41) is 0. The number of hydrogen-bond donors (Lipinski definition) is 0. The largest absolute Gasteiger partial charge is 0.300 e. The van der Waals surface area contributed by atoms with Gasteiger partial charge in [0.05, 0.1) is 0 Å². The SMILES string of the molecule is CCCCCCN1CCCC1CC. The van der Waals surface area contributed by atoms with E-state index in [1.54, 1.807) is 0 Å². The third-order valence-corrected chi connectivity index (χ3v) is 3.27. The van der Waals surface area contributed by atoms with Crippen LogP contribution in [-0.4, -0.2) is 24.0 Å². The molecule has 0 spiro atoms. The molecule has 78 valence electrons. The second kappa shape index (κ2) is 6.42. The van der Waals surface area contributed by atoms with Gasteiger partial charge in [0.15, 0.2) is 0 Å². The summed E-state index contributed by atoms with van der Waals surface area (Å²) in [4.78, 5) is 2.70. The van der Waals surface area contributed by atoms with E-state index in [0.29, 0.717) is 0 Å². The number of rotatable bonds is 6. The number of likely N-dealkylation sites (tertiary alicyclic amines) is 1.